The van der Waals surface area contributed by atoms with E-state index in [2.05, 4.69) is 0 Å². The fourth-order valence-electron chi connectivity index (χ4n) is 0.902. The molecule has 2 N–H and O–H groups in total. The monoisotopic (exact) mass is 182 g/mol. The van der Waals surface area contributed by atoms with Gasteiger partial charge in [-0.15, -0.1) is 0 Å². The summed E-state index contributed by atoms with van der Waals surface area (Å²) in [7, 11) is 0. The van der Waals surface area contributed by atoms with Gasteiger partial charge in [0.05, 0.1) is 0 Å². The Kier molecular flexibility index (Phi) is 2.97. The first-order valence-corrected chi connectivity index (χ1v) is 3.97. The van der Waals surface area contributed by atoms with Crippen molar-refractivity contribution < 1.29 is 9.18 Å². The number of carbonyl (C=O) groups excluding carboxylic acids is 1. The number of rotatable bonds is 2. The second-order valence-electron chi connectivity index (χ2n) is 2.60. The van der Waals surface area contributed by atoms with Gasteiger partial charge in [-0.3, -0.25) is 9.80 Å². The molecule has 0 aromatic heterocycles. The van der Waals surface area contributed by atoms with E-state index in [0.717, 1.165) is 5.01 Å². The van der Waals surface area contributed by atoms with Crippen molar-refractivity contribution in [2.75, 3.05) is 6.54 Å². The fourth-order valence-corrected chi connectivity index (χ4v) is 0.902. The zero-order chi connectivity index (χ0) is 9.84. The van der Waals surface area contributed by atoms with E-state index in [0.29, 0.717) is 12.1 Å². The molecule has 0 unspecified atom stereocenters. The number of hydrogen-bond acceptors (Lipinski definition) is 2. The van der Waals surface area contributed by atoms with Crippen LogP contribution >= 0.6 is 0 Å². The van der Waals surface area contributed by atoms with Gasteiger partial charge in [0.2, 0.25) is 0 Å². The molecule has 0 saturated carbocycles. The van der Waals surface area contributed by atoms with Crippen LogP contribution in [0, 0.1) is 5.82 Å². The van der Waals surface area contributed by atoms with Crippen LogP contribution in [0.25, 0.3) is 0 Å². The summed E-state index contributed by atoms with van der Waals surface area (Å²) < 4.78 is 12.5. The van der Waals surface area contributed by atoms with Crippen molar-refractivity contribution >= 4 is 5.91 Å². The first-order valence-electron chi connectivity index (χ1n) is 3.97. The lowest BCUT2D eigenvalue weighted by atomic mass is 10.2. The maximum absolute atomic E-state index is 12.5. The van der Waals surface area contributed by atoms with Crippen LogP contribution in [0.1, 0.15) is 17.3 Å². The van der Waals surface area contributed by atoms with Crippen molar-refractivity contribution in [2.24, 2.45) is 5.84 Å². The average Bonchev–Trinajstić information content (AvgIpc) is 2.17. The van der Waals surface area contributed by atoms with Crippen LogP contribution in [-0.4, -0.2) is 17.5 Å². The van der Waals surface area contributed by atoms with E-state index in [4.69, 9.17) is 5.84 Å². The third kappa shape index (κ3) is 2.26. The summed E-state index contributed by atoms with van der Waals surface area (Å²) in [5.74, 6) is 4.71. The molecule has 4 heteroatoms. The molecule has 0 bridgehead atoms. The molecule has 70 valence electrons. The van der Waals surface area contributed by atoms with E-state index in [1.54, 1.807) is 6.92 Å². The van der Waals surface area contributed by atoms with E-state index >= 15 is 0 Å². The number of hydrogen-bond donors (Lipinski definition) is 1. The number of carbonyl (C=O) groups is 1. The van der Waals surface area contributed by atoms with Crippen molar-refractivity contribution in [2.45, 2.75) is 6.92 Å². The highest BCUT2D eigenvalue weighted by Crippen LogP contribution is 2.04. The van der Waals surface area contributed by atoms with Crippen LogP contribution in [0.3, 0.4) is 0 Å². The van der Waals surface area contributed by atoms with Gasteiger partial charge in [-0.2, -0.15) is 0 Å². The van der Waals surface area contributed by atoms with Crippen LogP contribution in [-0.2, 0) is 0 Å². The first kappa shape index (κ1) is 9.67. The molecular formula is C9H11FN2O. The molecule has 1 aromatic carbocycles. The van der Waals surface area contributed by atoms with Gasteiger partial charge in [0.1, 0.15) is 5.82 Å². The lowest BCUT2D eigenvalue weighted by Crippen LogP contribution is -2.36. The number of nitrogens with zero attached hydrogens (tertiary/aromatic N) is 1. The quantitative estimate of drug-likeness (QED) is 0.424. The van der Waals surface area contributed by atoms with Crippen LogP contribution in [0.15, 0.2) is 24.3 Å². The number of amides is 1. The Morgan fingerprint density at radius 3 is 2.46 bits per heavy atom. The minimum Gasteiger partial charge on any atom is -0.277 e. The van der Waals surface area contributed by atoms with Crippen LogP contribution < -0.4 is 5.84 Å². The van der Waals surface area contributed by atoms with Crippen molar-refractivity contribution in [3.8, 4) is 0 Å². The molecule has 0 saturated heterocycles. The highest BCUT2D eigenvalue weighted by atomic mass is 19.1. The Labute approximate surface area is 75.9 Å². The zero-order valence-corrected chi connectivity index (χ0v) is 7.33. The van der Waals surface area contributed by atoms with Gasteiger partial charge in [0.25, 0.3) is 5.91 Å². The molecule has 1 amide bonds. The standard InChI is InChI=1S/C9H11FN2O/c1-2-12(11)9(13)7-3-5-8(10)6-4-7/h3-6H,2,11H2,1H3. The Hall–Kier alpha value is -1.42. The maximum Gasteiger partial charge on any atom is 0.267 e. The summed E-state index contributed by atoms with van der Waals surface area (Å²) in [6.45, 7) is 2.19. The molecule has 1 rings (SSSR count). The topological polar surface area (TPSA) is 46.3 Å². The number of halogens is 1. The molecule has 0 spiro atoms. The summed E-state index contributed by atoms with van der Waals surface area (Å²) in [4.78, 5) is 11.4. The van der Waals surface area contributed by atoms with Gasteiger partial charge >= 0.3 is 0 Å². The van der Waals surface area contributed by atoms with Crippen LogP contribution in [0.2, 0.25) is 0 Å². The van der Waals surface area contributed by atoms with Crippen LogP contribution in [0.4, 0.5) is 4.39 Å². The predicted octanol–water partition coefficient (Wildman–Crippen LogP) is 1.16. The molecule has 13 heavy (non-hydrogen) atoms. The predicted molar refractivity (Wildman–Crippen MR) is 47.3 cm³/mol. The van der Waals surface area contributed by atoms with Gasteiger partial charge < -0.3 is 0 Å². The number of nitrogens with two attached hydrogens (primary N) is 1. The minimum absolute atomic E-state index is 0.303. The van der Waals surface area contributed by atoms with E-state index in [1.807, 2.05) is 0 Å². The minimum atomic E-state index is -0.364. The van der Waals surface area contributed by atoms with Crippen molar-refractivity contribution in [1.82, 2.24) is 5.01 Å². The maximum atomic E-state index is 12.5. The van der Waals surface area contributed by atoms with Crippen molar-refractivity contribution in [3.05, 3.63) is 35.6 Å². The molecule has 0 radical (unpaired) electrons. The van der Waals surface area contributed by atoms with Gasteiger partial charge in [-0.1, -0.05) is 0 Å². The van der Waals surface area contributed by atoms with Crippen molar-refractivity contribution in [1.29, 1.82) is 0 Å². The highest BCUT2D eigenvalue weighted by Gasteiger charge is 2.09. The summed E-state index contributed by atoms with van der Waals surface area (Å²) in [5, 5.41) is 1.08. The van der Waals surface area contributed by atoms with Crippen LogP contribution in [0.5, 0.6) is 0 Å². The first-order chi connectivity index (χ1) is 6.15. The average molecular weight is 182 g/mol. The Bertz CT molecular complexity index is 297. The van der Waals surface area contributed by atoms with Gasteiger partial charge in [0, 0.05) is 12.1 Å². The molecule has 3 nitrogen and oxygen atoms in total. The lowest BCUT2D eigenvalue weighted by molar-refractivity contribution is 0.0764. The molecule has 0 heterocycles. The van der Waals surface area contributed by atoms with Crippen molar-refractivity contribution in [3.63, 3.8) is 0 Å². The second kappa shape index (κ2) is 4.00. The Morgan fingerprint density at radius 1 is 1.46 bits per heavy atom. The Balaban J connectivity index is 2.83. The van der Waals surface area contributed by atoms with E-state index < -0.39 is 0 Å². The normalized spacial score (nSPS) is 9.77. The summed E-state index contributed by atoms with van der Waals surface area (Å²) in [5.41, 5.74) is 0.394. The largest absolute Gasteiger partial charge is 0.277 e. The summed E-state index contributed by atoms with van der Waals surface area (Å²) in [6.07, 6.45) is 0. The molecule has 0 aliphatic carbocycles. The third-order valence-electron chi connectivity index (χ3n) is 1.69. The second-order valence-corrected chi connectivity index (χ2v) is 2.60. The molecule has 0 aliphatic rings. The van der Waals surface area contributed by atoms with E-state index in [-0.39, 0.29) is 11.7 Å². The summed E-state index contributed by atoms with van der Waals surface area (Å²) in [6, 6.07) is 5.29. The number of hydrazine groups is 1. The molecular weight excluding hydrogens is 171 g/mol. The summed E-state index contributed by atoms with van der Waals surface area (Å²) >= 11 is 0. The molecule has 0 atom stereocenters. The SMILES string of the molecule is CCN(N)C(=O)c1ccc(F)cc1. The lowest BCUT2D eigenvalue weighted by Gasteiger charge is -2.13. The molecule has 1 aromatic rings. The zero-order valence-electron chi connectivity index (χ0n) is 7.33. The van der Waals surface area contributed by atoms with E-state index in [9.17, 15) is 9.18 Å². The smallest absolute Gasteiger partial charge is 0.267 e. The highest BCUT2D eigenvalue weighted by molar-refractivity contribution is 5.93. The molecule has 0 fully saturated rings. The third-order valence-corrected chi connectivity index (χ3v) is 1.69. The molecule has 0 aliphatic heterocycles. The van der Waals surface area contributed by atoms with E-state index in [1.165, 1.54) is 24.3 Å². The van der Waals surface area contributed by atoms with Gasteiger partial charge in [-0.25, -0.2) is 10.2 Å². The Morgan fingerprint density at radius 2 is 2.00 bits per heavy atom. The fraction of sp³-hybridized carbons (Fsp3) is 0.222. The van der Waals surface area contributed by atoms with Gasteiger partial charge in [0.15, 0.2) is 0 Å². The number of benzene rings is 1. The van der Waals surface area contributed by atoms with Gasteiger partial charge in [-0.05, 0) is 31.2 Å².